The first kappa shape index (κ1) is 32.0. The molecule has 4 heterocycles. The van der Waals surface area contributed by atoms with Gasteiger partial charge in [-0.25, -0.2) is 13.8 Å². The molecule has 2 amide bonds. The molecule has 11 heteroatoms. The van der Waals surface area contributed by atoms with Crippen LogP contribution < -0.4 is 9.44 Å². The third-order valence-electron chi connectivity index (χ3n) is 10.7. The number of carbonyl (C=O) groups excluding carboxylic acids is 2. The molecule has 1 saturated carbocycles. The first-order valence-corrected chi connectivity index (χ1v) is 18.6. The van der Waals surface area contributed by atoms with Gasteiger partial charge in [0.15, 0.2) is 0 Å². The molecule has 2 N–H and O–H groups in total. The van der Waals surface area contributed by atoms with E-state index in [2.05, 4.69) is 31.0 Å². The van der Waals surface area contributed by atoms with Crippen LogP contribution in [0, 0.1) is 0 Å². The van der Waals surface area contributed by atoms with Crippen molar-refractivity contribution in [1.29, 1.82) is 0 Å². The first-order chi connectivity index (χ1) is 22.7. The summed E-state index contributed by atoms with van der Waals surface area (Å²) < 4.78 is 44.8. The zero-order valence-electron chi connectivity index (χ0n) is 27.0. The molecule has 250 valence electrons. The Kier molecular flexibility index (Phi) is 8.97. The van der Waals surface area contributed by atoms with Crippen molar-refractivity contribution < 1.29 is 22.4 Å². The predicted octanol–water partition coefficient (Wildman–Crippen LogP) is 5.37. The van der Waals surface area contributed by atoms with Gasteiger partial charge in [0.05, 0.1) is 12.2 Å². The largest absolute Gasteiger partial charge is 0.339 e. The van der Waals surface area contributed by atoms with Crippen LogP contribution in [0.5, 0.6) is 0 Å². The smallest absolute Gasteiger partial charge is 0.301 e. The maximum Gasteiger partial charge on any atom is 0.301 e. The Morgan fingerprint density at radius 3 is 2.43 bits per heavy atom. The third kappa shape index (κ3) is 6.37. The number of fused-ring (bicyclic) bond motifs is 5. The highest BCUT2D eigenvalue weighted by molar-refractivity contribution is 7.88. The summed E-state index contributed by atoms with van der Waals surface area (Å²) in [5.41, 5.74) is 6.09. The summed E-state index contributed by atoms with van der Waals surface area (Å²) in [6, 6.07) is 13.9. The van der Waals surface area contributed by atoms with Crippen LogP contribution >= 0.6 is 0 Å². The Hall–Kier alpha value is -3.54. The number of nitrogens with zero attached hydrogens (tertiary/aromatic N) is 3. The molecule has 1 aliphatic carbocycles. The summed E-state index contributed by atoms with van der Waals surface area (Å²) in [6.45, 7) is 3.02. The van der Waals surface area contributed by atoms with Gasteiger partial charge in [-0.15, -0.1) is 0 Å². The molecule has 1 unspecified atom stereocenters. The highest BCUT2D eigenvalue weighted by Crippen LogP contribution is 2.46. The Balaban J connectivity index is 1.27. The number of piperidine rings is 2. The fraction of sp³-hybridized carbons (Fsp3) is 0.500. The van der Waals surface area contributed by atoms with Gasteiger partial charge in [0.1, 0.15) is 6.17 Å². The van der Waals surface area contributed by atoms with Crippen LogP contribution in [-0.4, -0.2) is 80.0 Å². The summed E-state index contributed by atoms with van der Waals surface area (Å²) >= 11 is 0. The fourth-order valence-electron chi connectivity index (χ4n) is 8.30. The third-order valence-corrected chi connectivity index (χ3v) is 11.7. The Labute approximate surface area is 276 Å². The molecule has 1 atom stereocenters. The van der Waals surface area contributed by atoms with Crippen LogP contribution in [0.25, 0.3) is 28.2 Å². The molecule has 3 aromatic rings. The number of amides is 2. The zero-order chi connectivity index (χ0) is 32.7. The molecule has 1 aromatic heterocycles. The van der Waals surface area contributed by atoms with Crippen molar-refractivity contribution in [1.82, 2.24) is 23.8 Å². The molecule has 9 nitrogen and oxygen atoms in total. The molecule has 3 fully saturated rings. The van der Waals surface area contributed by atoms with Crippen molar-refractivity contribution in [2.45, 2.75) is 82.5 Å². The highest BCUT2D eigenvalue weighted by Gasteiger charge is 2.34. The second kappa shape index (κ2) is 13.2. The number of hydrogen-bond acceptors (Lipinski definition) is 5. The van der Waals surface area contributed by atoms with Gasteiger partial charge in [0.25, 0.3) is 11.8 Å². The summed E-state index contributed by atoms with van der Waals surface area (Å²) in [6.07, 6.45) is 10.1. The minimum absolute atomic E-state index is 0.00296. The average molecular weight is 662 g/mol. The maximum atomic E-state index is 14.3. The summed E-state index contributed by atoms with van der Waals surface area (Å²) in [5.74, 6) is -0.370. The molecule has 4 aliphatic rings. The number of benzene rings is 2. The van der Waals surface area contributed by atoms with Crippen LogP contribution in [0.4, 0.5) is 4.39 Å². The second-order valence-electron chi connectivity index (χ2n) is 13.6. The summed E-state index contributed by atoms with van der Waals surface area (Å²) in [4.78, 5) is 31.6. The van der Waals surface area contributed by atoms with Gasteiger partial charge >= 0.3 is 10.2 Å². The Bertz CT molecular complexity index is 1820. The standard InChI is InChI=1S/C36H44FN5O4S/c1-38-47(45,46)39-35(43)26-13-14-31-32(21-26)42-22-27(36(44)40-18-15-29(16-19-40)41-17-7-11-28(37)23-41)20-25-10-5-6-12-30(25)34(42)33(31)24-8-3-2-4-9-24/h5-6,10,12-14,20-21,24,28-29,38H,2-4,7-9,11,15-19,22-23H2,1H3,(H,39,43). The molecule has 0 radical (unpaired) electrons. The number of likely N-dealkylation sites (tertiary alicyclic amines) is 2. The SMILES string of the molecule is CNS(=O)(=O)NC(=O)c1ccc2c(C3CCCCC3)c3n(c2c1)CC(C(=O)N1CCC(N2CCCC(F)C2)CC1)=Cc1ccccc1-3. The predicted molar refractivity (Wildman–Crippen MR) is 182 cm³/mol. The highest BCUT2D eigenvalue weighted by atomic mass is 32.2. The van der Waals surface area contributed by atoms with Crippen molar-refractivity contribution in [3.8, 4) is 11.3 Å². The number of hydrogen-bond donors (Lipinski definition) is 2. The molecule has 2 aromatic carbocycles. The lowest BCUT2D eigenvalue weighted by molar-refractivity contribution is -0.129. The summed E-state index contributed by atoms with van der Waals surface area (Å²) in [5, 5.41) is 1.04. The van der Waals surface area contributed by atoms with E-state index < -0.39 is 22.3 Å². The topological polar surface area (TPSA) is 104 Å². The number of halogens is 1. The molecule has 0 spiro atoms. The zero-order valence-corrected chi connectivity index (χ0v) is 27.8. The number of alkyl halides is 1. The molecular formula is C36H44FN5O4S. The number of aromatic nitrogens is 1. The molecule has 7 rings (SSSR count). The van der Waals surface area contributed by atoms with Gasteiger partial charge in [-0.05, 0) is 80.3 Å². The maximum absolute atomic E-state index is 14.3. The van der Waals surface area contributed by atoms with Crippen LogP contribution in [0.15, 0.2) is 48.0 Å². The molecule has 3 aliphatic heterocycles. The monoisotopic (exact) mass is 661 g/mol. The van der Waals surface area contributed by atoms with Gasteiger partial charge in [0, 0.05) is 60.3 Å². The molecule has 47 heavy (non-hydrogen) atoms. The van der Waals surface area contributed by atoms with Crippen molar-refractivity contribution in [2.24, 2.45) is 0 Å². The van der Waals surface area contributed by atoms with E-state index in [1.54, 1.807) is 12.1 Å². The quantitative estimate of drug-likeness (QED) is 0.370. The van der Waals surface area contributed by atoms with Gasteiger partial charge < -0.3 is 9.47 Å². The van der Waals surface area contributed by atoms with Crippen LogP contribution in [0.2, 0.25) is 0 Å². The van der Waals surface area contributed by atoms with E-state index in [-0.39, 0.29) is 11.5 Å². The number of rotatable bonds is 6. The van der Waals surface area contributed by atoms with Gasteiger partial charge in [-0.1, -0.05) is 49.6 Å². The number of carbonyl (C=O) groups is 2. The van der Waals surface area contributed by atoms with Gasteiger partial charge in [-0.3, -0.25) is 14.5 Å². The molecule has 2 saturated heterocycles. The van der Waals surface area contributed by atoms with E-state index in [4.69, 9.17) is 0 Å². The van der Waals surface area contributed by atoms with Crippen LogP contribution in [0.1, 0.15) is 85.2 Å². The van der Waals surface area contributed by atoms with Gasteiger partial charge in [-0.2, -0.15) is 8.42 Å². The first-order valence-electron chi connectivity index (χ1n) is 17.1. The molecular weight excluding hydrogens is 617 g/mol. The second-order valence-corrected chi connectivity index (χ2v) is 15.2. The normalized spacial score (nSPS) is 21.5. The van der Waals surface area contributed by atoms with Crippen molar-refractivity contribution in [2.75, 3.05) is 33.2 Å². The lowest BCUT2D eigenvalue weighted by Gasteiger charge is -2.41. The van der Waals surface area contributed by atoms with Crippen LogP contribution in [-0.2, 0) is 21.5 Å². The van der Waals surface area contributed by atoms with E-state index in [0.717, 1.165) is 79.2 Å². The minimum atomic E-state index is -3.98. The lowest BCUT2D eigenvalue weighted by Crippen LogP contribution is -2.50. The lowest BCUT2D eigenvalue weighted by atomic mass is 9.81. The van der Waals surface area contributed by atoms with E-state index in [9.17, 15) is 22.4 Å². The van der Waals surface area contributed by atoms with E-state index in [0.29, 0.717) is 50.1 Å². The average Bonchev–Trinajstić information content (AvgIpc) is 3.30. The van der Waals surface area contributed by atoms with E-state index in [1.165, 1.54) is 19.0 Å². The van der Waals surface area contributed by atoms with Gasteiger partial charge in [0.2, 0.25) is 0 Å². The van der Waals surface area contributed by atoms with E-state index >= 15 is 0 Å². The van der Waals surface area contributed by atoms with Crippen molar-refractivity contribution in [3.05, 3.63) is 64.7 Å². The fourth-order valence-corrected chi connectivity index (χ4v) is 8.77. The van der Waals surface area contributed by atoms with Crippen molar-refractivity contribution >= 4 is 39.0 Å². The summed E-state index contributed by atoms with van der Waals surface area (Å²) in [7, 11) is -2.73. The Morgan fingerprint density at radius 2 is 1.68 bits per heavy atom. The van der Waals surface area contributed by atoms with Crippen LogP contribution in [0.3, 0.4) is 0 Å². The van der Waals surface area contributed by atoms with E-state index in [1.807, 2.05) is 29.2 Å². The molecule has 0 bridgehead atoms. The minimum Gasteiger partial charge on any atom is -0.339 e. The number of nitrogens with one attached hydrogen (secondary N) is 2. The van der Waals surface area contributed by atoms with Crippen molar-refractivity contribution in [3.63, 3.8) is 0 Å². The Morgan fingerprint density at radius 1 is 0.915 bits per heavy atom.